The maximum atomic E-state index is 11.1. The van der Waals surface area contributed by atoms with E-state index in [1.807, 2.05) is 0 Å². The van der Waals surface area contributed by atoms with Gasteiger partial charge < -0.3 is 25.7 Å². The van der Waals surface area contributed by atoms with Crippen molar-refractivity contribution >= 4 is 29.6 Å². The summed E-state index contributed by atoms with van der Waals surface area (Å²) in [4.78, 5) is 44.4. The highest BCUT2D eigenvalue weighted by atomic mass is 16.4. The van der Waals surface area contributed by atoms with Crippen LogP contribution in [0.1, 0.15) is 47.0 Å². The van der Waals surface area contributed by atoms with E-state index < -0.39 is 23.9 Å². The Balaban J connectivity index is 2.33. The molecule has 0 bridgehead atoms. The van der Waals surface area contributed by atoms with Crippen molar-refractivity contribution < 1.29 is 39.6 Å². The Morgan fingerprint density at radius 2 is 0.962 bits per heavy atom. The van der Waals surface area contributed by atoms with Gasteiger partial charge in [0.05, 0.1) is 22.3 Å². The molecule has 0 unspecified atom stereocenters. The summed E-state index contributed by atoms with van der Waals surface area (Å²) in [6, 6.07) is 6.98. The van der Waals surface area contributed by atoms with Gasteiger partial charge in [-0.3, -0.25) is 0 Å². The number of hydrogen-bond acceptors (Lipinski definition) is 5. The summed E-state index contributed by atoms with van der Waals surface area (Å²) in [5.41, 5.74) is -0.407. The van der Waals surface area contributed by atoms with Gasteiger partial charge in [-0.15, -0.1) is 0 Å². The molecule has 0 aliphatic carbocycles. The lowest BCUT2D eigenvalue weighted by Crippen LogP contribution is -2.08. The second-order valence-corrected chi connectivity index (χ2v) is 5.29. The second-order valence-electron chi connectivity index (χ2n) is 5.29. The van der Waals surface area contributed by atoms with E-state index in [0.717, 1.165) is 12.1 Å². The Morgan fingerprint density at radius 1 is 0.615 bits per heavy atom. The molecular weight excluding hydrogens is 346 g/mol. The first-order valence-corrected chi connectivity index (χ1v) is 7.13. The Morgan fingerprint density at radius 3 is 1.31 bits per heavy atom. The Bertz CT molecular complexity index is 779. The van der Waals surface area contributed by atoms with Crippen molar-refractivity contribution in [1.82, 2.24) is 0 Å². The Hall–Kier alpha value is -3.88. The van der Waals surface area contributed by atoms with Crippen LogP contribution in [0, 0.1) is 0 Å². The van der Waals surface area contributed by atoms with E-state index in [0.29, 0.717) is 5.56 Å². The summed E-state index contributed by atoms with van der Waals surface area (Å²) in [5, 5.41) is 39.0. The molecule has 2 aromatic carbocycles. The molecule has 0 aliphatic rings. The average Bonchev–Trinajstić information content (AvgIpc) is 2.59. The van der Waals surface area contributed by atoms with Crippen molar-refractivity contribution in [3.05, 3.63) is 64.2 Å². The van der Waals surface area contributed by atoms with Crippen molar-refractivity contribution in [3.63, 3.8) is 0 Å². The summed E-state index contributed by atoms with van der Waals surface area (Å²) in [5.74, 6) is -5.21. The maximum absolute atomic E-state index is 11.1. The fourth-order valence-electron chi connectivity index (χ4n) is 2.22. The summed E-state index contributed by atoms with van der Waals surface area (Å²) in [7, 11) is 0. The lowest BCUT2D eigenvalue weighted by Gasteiger charge is -2.10. The topological polar surface area (TPSA) is 161 Å². The number of hydrogen-bond donors (Lipinski definition) is 5. The Kier molecular flexibility index (Phi) is 5.21. The summed E-state index contributed by atoms with van der Waals surface area (Å²) in [6.45, 7) is -0.0382. The average molecular weight is 359 g/mol. The molecule has 0 saturated heterocycles. The van der Waals surface area contributed by atoms with Crippen LogP contribution in [-0.2, 0) is 6.54 Å². The summed E-state index contributed by atoms with van der Waals surface area (Å²) in [6.07, 6.45) is 0. The van der Waals surface area contributed by atoms with Crippen LogP contribution in [0.3, 0.4) is 0 Å². The minimum atomic E-state index is -1.31. The number of carboxylic acid groups (broad SMARTS) is 4. The fraction of sp³-hybridized carbons (Fsp3) is 0.0588. The molecule has 5 N–H and O–H groups in total. The molecule has 9 heteroatoms. The standard InChI is InChI=1S/C17H13NO8/c19-14(20)9-1-8(2-10(3-9)15(21)22)7-18-13-5-11(16(23)24)4-12(6-13)17(25)26/h1-6,18H,7H2,(H,19,20)(H,21,22)(H,23,24)(H,25,26). The van der Waals surface area contributed by atoms with Crippen LogP contribution in [0.2, 0.25) is 0 Å². The zero-order chi connectivity index (χ0) is 19.4. The highest BCUT2D eigenvalue weighted by Crippen LogP contribution is 2.18. The number of carboxylic acids is 4. The maximum Gasteiger partial charge on any atom is 0.335 e. The number of aromatic carboxylic acids is 4. The van der Waals surface area contributed by atoms with Crippen molar-refractivity contribution in [2.45, 2.75) is 6.54 Å². The van der Waals surface area contributed by atoms with Crippen LogP contribution >= 0.6 is 0 Å². The van der Waals surface area contributed by atoms with Crippen LogP contribution < -0.4 is 5.32 Å². The van der Waals surface area contributed by atoms with Gasteiger partial charge in [-0.25, -0.2) is 19.2 Å². The molecule has 0 heterocycles. The van der Waals surface area contributed by atoms with Crippen LogP contribution in [0.4, 0.5) is 5.69 Å². The third-order valence-corrected chi connectivity index (χ3v) is 3.41. The lowest BCUT2D eigenvalue weighted by atomic mass is 10.0. The molecule has 0 amide bonds. The Labute approximate surface area is 146 Å². The van der Waals surface area contributed by atoms with Crippen LogP contribution in [0.25, 0.3) is 0 Å². The fourth-order valence-corrected chi connectivity index (χ4v) is 2.22. The quantitative estimate of drug-likeness (QED) is 0.498. The molecule has 0 saturated carbocycles. The number of carbonyl (C=O) groups is 4. The molecule has 134 valence electrons. The van der Waals surface area contributed by atoms with Gasteiger partial charge in [0.1, 0.15) is 0 Å². The van der Waals surface area contributed by atoms with Crippen molar-refractivity contribution in [1.29, 1.82) is 0 Å². The van der Waals surface area contributed by atoms with Crippen LogP contribution in [0.15, 0.2) is 36.4 Å². The predicted octanol–water partition coefficient (Wildman–Crippen LogP) is 2.09. The van der Waals surface area contributed by atoms with Gasteiger partial charge in [0, 0.05) is 12.2 Å². The SMILES string of the molecule is O=C(O)c1cc(CNc2cc(C(=O)O)cc(C(=O)O)c2)cc(C(=O)O)c1. The zero-order valence-corrected chi connectivity index (χ0v) is 13.1. The van der Waals surface area contributed by atoms with Gasteiger partial charge in [0.2, 0.25) is 0 Å². The van der Waals surface area contributed by atoms with E-state index in [-0.39, 0.29) is 34.5 Å². The van der Waals surface area contributed by atoms with Gasteiger partial charge in [0.25, 0.3) is 0 Å². The lowest BCUT2D eigenvalue weighted by molar-refractivity contribution is 0.0676. The molecule has 0 fully saturated rings. The highest BCUT2D eigenvalue weighted by Gasteiger charge is 2.13. The largest absolute Gasteiger partial charge is 0.478 e. The van der Waals surface area contributed by atoms with E-state index in [9.17, 15) is 19.2 Å². The van der Waals surface area contributed by atoms with E-state index in [4.69, 9.17) is 20.4 Å². The van der Waals surface area contributed by atoms with Gasteiger partial charge in [-0.05, 0) is 42.0 Å². The van der Waals surface area contributed by atoms with Crippen molar-refractivity contribution in [3.8, 4) is 0 Å². The molecule has 0 aliphatic heterocycles. The molecule has 0 atom stereocenters. The number of benzene rings is 2. The third kappa shape index (κ3) is 4.35. The van der Waals surface area contributed by atoms with Gasteiger partial charge in [-0.1, -0.05) is 0 Å². The minimum absolute atomic E-state index is 0.0382. The van der Waals surface area contributed by atoms with Gasteiger partial charge >= 0.3 is 23.9 Å². The first-order valence-electron chi connectivity index (χ1n) is 7.13. The number of rotatable bonds is 7. The number of nitrogens with one attached hydrogen (secondary N) is 1. The van der Waals surface area contributed by atoms with Crippen LogP contribution in [0.5, 0.6) is 0 Å². The molecule has 0 aromatic heterocycles. The molecule has 9 nitrogen and oxygen atoms in total. The number of anilines is 1. The molecular formula is C17H13NO8. The molecule has 2 aromatic rings. The molecule has 0 spiro atoms. The van der Waals surface area contributed by atoms with E-state index in [1.54, 1.807) is 0 Å². The summed E-state index contributed by atoms with van der Waals surface area (Å²) < 4.78 is 0. The van der Waals surface area contributed by atoms with Crippen molar-refractivity contribution in [2.24, 2.45) is 0 Å². The van der Waals surface area contributed by atoms with E-state index in [1.165, 1.54) is 24.3 Å². The first kappa shape index (κ1) is 18.5. The smallest absolute Gasteiger partial charge is 0.335 e. The predicted molar refractivity (Wildman–Crippen MR) is 88.0 cm³/mol. The first-order chi connectivity index (χ1) is 12.2. The van der Waals surface area contributed by atoms with Crippen molar-refractivity contribution in [2.75, 3.05) is 5.32 Å². The monoisotopic (exact) mass is 359 g/mol. The third-order valence-electron chi connectivity index (χ3n) is 3.41. The molecule has 2 rings (SSSR count). The second kappa shape index (κ2) is 7.34. The van der Waals surface area contributed by atoms with Gasteiger partial charge in [-0.2, -0.15) is 0 Å². The van der Waals surface area contributed by atoms with E-state index in [2.05, 4.69) is 5.32 Å². The minimum Gasteiger partial charge on any atom is -0.478 e. The zero-order valence-electron chi connectivity index (χ0n) is 13.1. The van der Waals surface area contributed by atoms with E-state index >= 15 is 0 Å². The summed E-state index contributed by atoms with van der Waals surface area (Å²) >= 11 is 0. The molecule has 0 radical (unpaired) electrons. The van der Waals surface area contributed by atoms with Crippen LogP contribution in [-0.4, -0.2) is 44.3 Å². The van der Waals surface area contributed by atoms with Gasteiger partial charge in [0.15, 0.2) is 0 Å². The highest BCUT2D eigenvalue weighted by molar-refractivity contribution is 5.96. The normalized spacial score (nSPS) is 10.2. The molecule has 26 heavy (non-hydrogen) atoms.